The highest BCUT2D eigenvalue weighted by molar-refractivity contribution is 7.91. The van der Waals surface area contributed by atoms with Crippen molar-refractivity contribution >= 4 is 44.2 Å². The number of anilines is 2. The summed E-state index contributed by atoms with van der Waals surface area (Å²) >= 11 is 0. The molecule has 3 aromatic carbocycles. The van der Waals surface area contributed by atoms with Gasteiger partial charge in [-0.15, -0.1) is 0 Å². The van der Waals surface area contributed by atoms with Gasteiger partial charge in [0.05, 0.1) is 16.2 Å². The average Bonchev–Trinajstić information content (AvgIpc) is 3.43. The van der Waals surface area contributed by atoms with Crippen LogP contribution in [0.1, 0.15) is 60.5 Å². The molecule has 0 saturated carbocycles. The van der Waals surface area contributed by atoms with E-state index in [1.807, 2.05) is 30.3 Å². The summed E-state index contributed by atoms with van der Waals surface area (Å²) in [5.41, 5.74) is 2.14. The molecule has 10 heteroatoms. The maximum atomic E-state index is 13.7. The lowest BCUT2D eigenvalue weighted by Gasteiger charge is -2.18. The predicted octanol–water partition coefficient (Wildman–Crippen LogP) is 6.49. The van der Waals surface area contributed by atoms with Crippen LogP contribution in [-0.4, -0.2) is 32.7 Å². The molecule has 224 valence electrons. The SMILES string of the molecule is CCCCCCCS(=O)(=O)c1ccc2c(c1)CCN2C(=O)c1cc(=O)oc2cc(NC(=O)OCc3ccccc3)ccc12. The molecular weight excluding hydrogens is 568 g/mol. The van der Waals surface area contributed by atoms with Gasteiger partial charge in [0, 0.05) is 35.4 Å². The average molecular weight is 603 g/mol. The van der Waals surface area contributed by atoms with E-state index in [1.54, 1.807) is 35.2 Å². The van der Waals surface area contributed by atoms with E-state index in [0.29, 0.717) is 36.1 Å². The van der Waals surface area contributed by atoms with E-state index < -0.39 is 27.5 Å². The van der Waals surface area contributed by atoms with Gasteiger partial charge in [-0.25, -0.2) is 18.0 Å². The number of hydrogen-bond acceptors (Lipinski definition) is 7. The largest absolute Gasteiger partial charge is 0.444 e. The number of nitrogens with zero attached hydrogens (tertiary/aromatic N) is 1. The number of fused-ring (bicyclic) bond motifs is 2. The molecule has 0 saturated heterocycles. The van der Waals surface area contributed by atoms with Gasteiger partial charge in [0.25, 0.3) is 5.91 Å². The third-order valence-corrected chi connectivity index (χ3v) is 9.30. The number of benzene rings is 3. The molecule has 0 unspecified atom stereocenters. The molecule has 0 radical (unpaired) electrons. The number of sulfone groups is 1. The molecule has 0 spiro atoms. The maximum Gasteiger partial charge on any atom is 0.411 e. The molecule has 0 bridgehead atoms. The monoisotopic (exact) mass is 602 g/mol. The highest BCUT2D eigenvalue weighted by Crippen LogP contribution is 2.33. The lowest BCUT2D eigenvalue weighted by Crippen LogP contribution is -2.29. The molecule has 1 aliphatic rings. The quantitative estimate of drug-likeness (QED) is 0.154. The van der Waals surface area contributed by atoms with Crippen LogP contribution in [0.3, 0.4) is 0 Å². The highest BCUT2D eigenvalue weighted by atomic mass is 32.2. The number of ether oxygens (including phenoxy) is 1. The molecule has 1 aromatic heterocycles. The molecule has 2 amide bonds. The van der Waals surface area contributed by atoms with Gasteiger partial charge in [-0.05, 0) is 54.3 Å². The van der Waals surface area contributed by atoms with Gasteiger partial charge in [-0.2, -0.15) is 0 Å². The molecule has 1 aliphatic heterocycles. The number of carbonyl (C=O) groups excluding carboxylic acids is 2. The Bertz CT molecular complexity index is 1800. The van der Waals surface area contributed by atoms with Crippen molar-refractivity contribution in [3.8, 4) is 0 Å². The molecule has 0 atom stereocenters. The summed E-state index contributed by atoms with van der Waals surface area (Å²) in [6, 6.07) is 19.9. The summed E-state index contributed by atoms with van der Waals surface area (Å²) in [5, 5.41) is 3.02. The van der Waals surface area contributed by atoms with E-state index in [4.69, 9.17) is 9.15 Å². The lowest BCUT2D eigenvalue weighted by molar-refractivity contribution is 0.0990. The fraction of sp³-hybridized carbons (Fsp3) is 0.303. The second-order valence-corrected chi connectivity index (χ2v) is 12.7. The normalized spacial score (nSPS) is 12.7. The van der Waals surface area contributed by atoms with Crippen LogP contribution in [0.25, 0.3) is 11.0 Å². The molecule has 9 nitrogen and oxygen atoms in total. The zero-order valence-electron chi connectivity index (χ0n) is 24.0. The van der Waals surface area contributed by atoms with Crippen molar-refractivity contribution in [1.82, 2.24) is 0 Å². The van der Waals surface area contributed by atoms with Crippen LogP contribution < -0.4 is 15.8 Å². The van der Waals surface area contributed by atoms with Crippen molar-refractivity contribution in [2.75, 3.05) is 22.5 Å². The third kappa shape index (κ3) is 7.14. The minimum atomic E-state index is -3.42. The molecule has 2 heterocycles. The van der Waals surface area contributed by atoms with Crippen LogP contribution in [0, 0.1) is 0 Å². The Hall–Kier alpha value is -4.44. The van der Waals surface area contributed by atoms with Gasteiger partial charge < -0.3 is 14.1 Å². The van der Waals surface area contributed by atoms with E-state index in [9.17, 15) is 22.8 Å². The van der Waals surface area contributed by atoms with Crippen molar-refractivity contribution in [3.05, 3.63) is 99.9 Å². The van der Waals surface area contributed by atoms with Crippen LogP contribution >= 0.6 is 0 Å². The van der Waals surface area contributed by atoms with Crippen LogP contribution in [-0.2, 0) is 27.6 Å². The molecule has 0 fully saturated rings. The Balaban J connectivity index is 1.31. The lowest BCUT2D eigenvalue weighted by atomic mass is 10.1. The smallest absolute Gasteiger partial charge is 0.411 e. The molecule has 0 aliphatic carbocycles. The molecule has 1 N–H and O–H groups in total. The van der Waals surface area contributed by atoms with Crippen LogP contribution in [0.4, 0.5) is 16.2 Å². The van der Waals surface area contributed by atoms with Crippen molar-refractivity contribution in [3.63, 3.8) is 0 Å². The van der Waals surface area contributed by atoms with E-state index in [1.165, 1.54) is 6.07 Å². The van der Waals surface area contributed by atoms with Crippen molar-refractivity contribution in [2.24, 2.45) is 0 Å². The number of unbranched alkanes of at least 4 members (excludes halogenated alkanes) is 4. The molecule has 5 rings (SSSR count). The first kappa shape index (κ1) is 30.0. The van der Waals surface area contributed by atoms with Gasteiger partial charge >= 0.3 is 11.7 Å². The van der Waals surface area contributed by atoms with Gasteiger partial charge in [0.2, 0.25) is 0 Å². The first-order valence-electron chi connectivity index (χ1n) is 14.5. The number of rotatable bonds is 11. The summed E-state index contributed by atoms with van der Waals surface area (Å²) < 4.78 is 36.5. The third-order valence-electron chi connectivity index (χ3n) is 7.50. The van der Waals surface area contributed by atoms with Crippen molar-refractivity contribution in [1.29, 1.82) is 0 Å². The Morgan fingerprint density at radius 1 is 0.953 bits per heavy atom. The summed E-state index contributed by atoms with van der Waals surface area (Å²) in [6.07, 6.45) is 4.56. The number of amides is 2. The molecule has 43 heavy (non-hydrogen) atoms. The molecule has 4 aromatic rings. The van der Waals surface area contributed by atoms with Crippen molar-refractivity contribution < 1.29 is 27.2 Å². The van der Waals surface area contributed by atoms with E-state index >= 15 is 0 Å². The summed E-state index contributed by atoms with van der Waals surface area (Å²) in [7, 11) is -3.42. The van der Waals surface area contributed by atoms with Gasteiger partial charge in [0.15, 0.2) is 9.84 Å². The summed E-state index contributed by atoms with van der Waals surface area (Å²) in [6.45, 7) is 2.56. The van der Waals surface area contributed by atoms with Gasteiger partial charge in [-0.1, -0.05) is 62.9 Å². The summed E-state index contributed by atoms with van der Waals surface area (Å²) in [4.78, 5) is 40.3. The van der Waals surface area contributed by atoms with Gasteiger partial charge in [-0.3, -0.25) is 10.1 Å². The second-order valence-electron chi connectivity index (χ2n) is 10.6. The summed E-state index contributed by atoms with van der Waals surface area (Å²) in [5.74, 6) is -0.294. The maximum absolute atomic E-state index is 13.7. The second kappa shape index (κ2) is 13.2. The first-order valence-corrected chi connectivity index (χ1v) is 16.1. The van der Waals surface area contributed by atoms with Crippen LogP contribution in [0.15, 0.2) is 86.9 Å². The number of carbonyl (C=O) groups is 2. The Kier molecular flexibility index (Phi) is 9.25. The number of nitrogens with one attached hydrogen (secondary N) is 1. The van der Waals surface area contributed by atoms with Crippen LogP contribution in [0.2, 0.25) is 0 Å². The predicted molar refractivity (Wildman–Crippen MR) is 165 cm³/mol. The topological polar surface area (TPSA) is 123 Å². The van der Waals surface area contributed by atoms with Crippen molar-refractivity contribution in [2.45, 2.75) is 57.0 Å². The number of hydrogen-bond donors (Lipinski definition) is 1. The fourth-order valence-corrected chi connectivity index (χ4v) is 6.65. The zero-order valence-corrected chi connectivity index (χ0v) is 24.8. The Labute approximate surface area is 250 Å². The first-order chi connectivity index (χ1) is 20.7. The van der Waals surface area contributed by atoms with Gasteiger partial charge in [0.1, 0.15) is 12.2 Å². The zero-order chi connectivity index (χ0) is 30.4. The minimum absolute atomic E-state index is 0.0950. The fourth-order valence-electron chi connectivity index (χ4n) is 5.24. The molecular formula is C33H34N2O7S. The van der Waals surface area contributed by atoms with E-state index in [2.05, 4.69) is 12.2 Å². The standard InChI is InChI=1S/C33H34N2O7S/c1-2-3-4-5-9-18-43(39,40)26-13-15-29-24(19-26)16-17-35(29)32(37)28-21-31(36)42-30-20-25(12-14-27(28)30)34-33(38)41-22-23-10-7-6-8-11-23/h6-8,10-15,19-21H,2-5,9,16-18,22H2,1H3,(H,34,38). The van der Waals surface area contributed by atoms with Crippen LogP contribution in [0.5, 0.6) is 0 Å². The van der Waals surface area contributed by atoms with E-state index in [-0.39, 0.29) is 28.4 Å². The Morgan fingerprint density at radius 2 is 1.74 bits per heavy atom. The minimum Gasteiger partial charge on any atom is -0.444 e. The Morgan fingerprint density at radius 3 is 2.53 bits per heavy atom. The van der Waals surface area contributed by atoms with E-state index in [0.717, 1.165) is 42.9 Å². The highest BCUT2D eigenvalue weighted by Gasteiger charge is 2.29.